The molecular weight excluding hydrogens is 150 g/mol. The molecule has 0 amide bonds. The predicted octanol–water partition coefficient (Wildman–Crippen LogP) is 0.912. The lowest BCUT2D eigenvalue weighted by Gasteiger charge is -2.08. The first kappa shape index (κ1) is 7.77. The van der Waals surface area contributed by atoms with Gasteiger partial charge < -0.3 is 10.8 Å². The fraction of sp³-hybridized carbons (Fsp3) is 0.400. The maximum absolute atomic E-state index is 9.48. The van der Waals surface area contributed by atoms with Gasteiger partial charge in [-0.05, 0) is 18.1 Å². The molecule has 2 heteroatoms. The van der Waals surface area contributed by atoms with E-state index in [1.807, 2.05) is 6.92 Å². The van der Waals surface area contributed by atoms with Gasteiger partial charge in [-0.3, -0.25) is 0 Å². The van der Waals surface area contributed by atoms with Crippen LogP contribution in [0.4, 0.5) is 0 Å². The maximum Gasteiger partial charge on any atom is 0.0773 e. The molecule has 2 rings (SSSR count). The third kappa shape index (κ3) is 1.04. The van der Waals surface area contributed by atoms with E-state index in [0.717, 1.165) is 5.56 Å². The SMILES string of the molecule is Cc1ccc2c(c1)[C@@H](N)[C@H](O)C2. The van der Waals surface area contributed by atoms with E-state index in [-0.39, 0.29) is 12.1 Å². The minimum atomic E-state index is -0.387. The van der Waals surface area contributed by atoms with Crippen LogP contribution in [0, 0.1) is 6.92 Å². The van der Waals surface area contributed by atoms with Crippen molar-refractivity contribution in [1.82, 2.24) is 0 Å². The third-order valence-corrected chi connectivity index (χ3v) is 2.50. The quantitative estimate of drug-likeness (QED) is 0.597. The van der Waals surface area contributed by atoms with Crippen LogP contribution >= 0.6 is 0 Å². The molecule has 0 radical (unpaired) electrons. The Bertz CT molecular complexity index is 309. The summed E-state index contributed by atoms with van der Waals surface area (Å²) in [6.45, 7) is 2.04. The summed E-state index contributed by atoms with van der Waals surface area (Å²) in [6, 6.07) is 6.00. The first-order chi connectivity index (χ1) is 5.68. The molecule has 0 saturated carbocycles. The average molecular weight is 163 g/mol. The molecule has 1 aliphatic carbocycles. The van der Waals surface area contributed by atoms with Crippen molar-refractivity contribution in [3.8, 4) is 0 Å². The van der Waals surface area contributed by atoms with Crippen LogP contribution in [0.1, 0.15) is 22.7 Å². The fourth-order valence-corrected chi connectivity index (χ4v) is 1.77. The summed E-state index contributed by atoms with van der Waals surface area (Å²) in [6.07, 6.45) is 0.318. The van der Waals surface area contributed by atoms with E-state index in [1.165, 1.54) is 11.1 Å². The van der Waals surface area contributed by atoms with Gasteiger partial charge in [-0.15, -0.1) is 0 Å². The Morgan fingerprint density at radius 2 is 2.25 bits per heavy atom. The Morgan fingerprint density at radius 1 is 1.50 bits per heavy atom. The van der Waals surface area contributed by atoms with Gasteiger partial charge in [-0.1, -0.05) is 23.8 Å². The van der Waals surface area contributed by atoms with Crippen molar-refractivity contribution in [2.45, 2.75) is 25.5 Å². The van der Waals surface area contributed by atoms with Crippen molar-refractivity contribution in [3.63, 3.8) is 0 Å². The molecule has 12 heavy (non-hydrogen) atoms. The highest BCUT2D eigenvalue weighted by atomic mass is 16.3. The zero-order valence-corrected chi connectivity index (χ0v) is 7.12. The highest BCUT2D eigenvalue weighted by molar-refractivity contribution is 5.38. The maximum atomic E-state index is 9.48. The first-order valence-electron chi connectivity index (χ1n) is 4.21. The van der Waals surface area contributed by atoms with Crippen LogP contribution in [0.25, 0.3) is 0 Å². The molecule has 1 aromatic rings. The Labute approximate surface area is 72.0 Å². The second-order valence-corrected chi connectivity index (χ2v) is 3.50. The molecule has 0 aliphatic heterocycles. The number of benzene rings is 1. The van der Waals surface area contributed by atoms with Gasteiger partial charge in [0.1, 0.15) is 0 Å². The molecule has 0 fully saturated rings. The molecule has 2 nitrogen and oxygen atoms in total. The van der Waals surface area contributed by atoms with Gasteiger partial charge >= 0.3 is 0 Å². The second kappa shape index (κ2) is 2.57. The molecule has 2 atom stereocenters. The summed E-state index contributed by atoms with van der Waals surface area (Å²) in [7, 11) is 0. The Morgan fingerprint density at radius 3 is 3.00 bits per heavy atom. The topological polar surface area (TPSA) is 46.2 Å². The van der Waals surface area contributed by atoms with Crippen LogP contribution in [0.3, 0.4) is 0 Å². The first-order valence-corrected chi connectivity index (χ1v) is 4.21. The summed E-state index contributed by atoms with van der Waals surface area (Å²) < 4.78 is 0. The highest BCUT2D eigenvalue weighted by Crippen LogP contribution is 2.29. The van der Waals surface area contributed by atoms with Crippen molar-refractivity contribution in [2.75, 3.05) is 0 Å². The monoisotopic (exact) mass is 163 g/mol. The Kier molecular flexibility index (Phi) is 1.67. The smallest absolute Gasteiger partial charge is 0.0773 e. The van der Waals surface area contributed by atoms with Crippen molar-refractivity contribution in [1.29, 1.82) is 0 Å². The van der Waals surface area contributed by atoms with E-state index < -0.39 is 0 Å². The summed E-state index contributed by atoms with van der Waals surface area (Å²) in [4.78, 5) is 0. The molecule has 0 aromatic heterocycles. The molecule has 0 bridgehead atoms. The lowest BCUT2D eigenvalue weighted by molar-refractivity contribution is 0.158. The largest absolute Gasteiger partial charge is 0.391 e. The standard InChI is InChI=1S/C10H13NO/c1-6-2-3-7-5-9(12)10(11)8(7)4-6/h2-4,9-10,12H,5,11H2,1H3/t9-,10-/m1/s1. The number of aliphatic hydroxyl groups excluding tert-OH is 1. The summed E-state index contributed by atoms with van der Waals surface area (Å²) in [5.41, 5.74) is 9.32. The number of aliphatic hydroxyl groups is 1. The van der Waals surface area contributed by atoms with Crippen molar-refractivity contribution >= 4 is 0 Å². The van der Waals surface area contributed by atoms with Gasteiger partial charge in [0.2, 0.25) is 0 Å². The molecule has 64 valence electrons. The van der Waals surface area contributed by atoms with Gasteiger partial charge in [0.05, 0.1) is 12.1 Å². The summed E-state index contributed by atoms with van der Waals surface area (Å²) in [5.74, 6) is 0. The molecule has 3 N–H and O–H groups in total. The Balaban J connectivity index is 2.48. The lowest BCUT2D eigenvalue weighted by atomic mass is 10.1. The van der Waals surface area contributed by atoms with Gasteiger partial charge in [0.25, 0.3) is 0 Å². The lowest BCUT2D eigenvalue weighted by Crippen LogP contribution is -2.21. The molecule has 0 saturated heterocycles. The zero-order valence-electron chi connectivity index (χ0n) is 7.12. The van der Waals surface area contributed by atoms with Crippen molar-refractivity contribution in [3.05, 3.63) is 34.9 Å². The summed E-state index contributed by atoms with van der Waals surface area (Å²) >= 11 is 0. The van der Waals surface area contributed by atoms with Crippen LogP contribution in [-0.4, -0.2) is 11.2 Å². The number of aryl methyl sites for hydroxylation is 1. The third-order valence-electron chi connectivity index (χ3n) is 2.50. The molecule has 0 unspecified atom stereocenters. The number of rotatable bonds is 0. The normalized spacial score (nSPS) is 27.2. The van der Waals surface area contributed by atoms with Gasteiger partial charge in [-0.25, -0.2) is 0 Å². The van der Waals surface area contributed by atoms with E-state index in [2.05, 4.69) is 18.2 Å². The van der Waals surface area contributed by atoms with E-state index in [9.17, 15) is 5.11 Å². The van der Waals surface area contributed by atoms with Crippen molar-refractivity contribution in [2.24, 2.45) is 5.73 Å². The van der Waals surface area contributed by atoms with Crippen molar-refractivity contribution < 1.29 is 5.11 Å². The van der Waals surface area contributed by atoms with Gasteiger partial charge in [0.15, 0.2) is 0 Å². The number of fused-ring (bicyclic) bond motifs is 1. The number of hydrogen-bond donors (Lipinski definition) is 2. The molecule has 1 aliphatic rings. The molecule has 0 spiro atoms. The van der Waals surface area contributed by atoms with E-state index in [0.29, 0.717) is 6.42 Å². The molecule has 0 heterocycles. The van der Waals surface area contributed by atoms with E-state index in [1.54, 1.807) is 0 Å². The Hall–Kier alpha value is -0.860. The molecule has 1 aromatic carbocycles. The minimum absolute atomic E-state index is 0.181. The fourth-order valence-electron chi connectivity index (χ4n) is 1.77. The number of hydrogen-bond acceptors (Lipinski definition) is 2. The van der Waals surface area contributed by atoms with E-state index >= 15 is 0 Å². The van der Waals surface area contributed by atoms with Crippen LogP contribution in [0.5, 0.6) is 0 Å². The van der Waals surface area contributed by atoms with Crippen LogP contribution in [0.15, 0.2) is 18.2 Å². The van der Waals surface area contributed by atoms with Crippen LogP contribution < -0.4 is 5.73 Å². The van der Waals surface area contributed by atoms with Crippen LogP contribution in [-0.2, 0) is 6.42 Å². The summed E-state index contributed by atoms with van der Waals surface area (Å²) in [5, 5.41) is 9.48. The minimum Gasteiger partial charge on any atom is -0.391 e. The van der Waals surface area contributed by atoms with E-state index in [4.69, 9.17) is 5.73 Å². The number of nitrogens with two attached hydrogens (primary N) is 1. The van der Waals surface area contributed by atoms with Gasteiger partial charge in [-0.2, -0.15) is 0 Å². The average Bonchev–Trinajstić information content (AvgIpc) is 2.31. The molecular formula is C10H13NO. The van der Waals surface area contributed by atoms with Gasteiger partial charge in [0, 0.05) is 6.42 Å². The van der Waals surface area contributed by atoms with Crippen LogP contribution in [0.2, 0.25) is 0 Å². The highest BCUT2D eigenvalue weighted by Gasteiger charge is 2.27. The predicted molar refractivity (Wildman–Crippen MR) is 47.8 cm³/mol. The second-order valence-electron chi connectivity index (χ2n) is 3.50. The zero-order chi connectivity index (χ0) is 8.72.